The predicted octanol–water partition coefficient (Wildman–Crippen LogP) is 4.89. The summed E-state index contributed by atoms with van der Waals surface area (Å²) in [5.74, 6) is -1.41. The van der Waals surface area contributed by atoms with Gasteiger partial charge in [0.25, 0.3) is 11.8 Å². The van der Waals surface area contributed by atoms with E-state index in [2.05, 4.69) is 10.6 Å². The third-order valence-corrected chi connectivity index (χ3v) is 4.18. The van der Waals surface area contributed by atoms with Crippen LogP contribution in [0.1, 0.15) is 15.9 Å². The molecule has 0 aliphatic rings. The normalized spacial score (nSPS) is 11.0. The van der Waals surface area contributed by atoms with Gasteiger partial charge in [0, 0.05) is 16.3 Å². The number of carbonyl (C=O) groups is 2. The van der Waals surface area contributed by atoms with Crippen LogP contribution >= 0.6 is 11.6 Å². The fourth-order valence-corrected chi connectivity index (χ4v) is 2.61. The average molecular weight is 395 g/mol. The summed E-state index contributed by atoms with van der Waals surface area (Å²) in [5, 5.41) is 5.69. The molecule has 140 valence electrons. The van der Waals surface area contributed by atoms with Gasteiger partial charge in [0.15, 0.2) is 0 Å². The Kier molecular flexibility index (Phi) is 6.19. The van der Waals surface area contributed by atoms with E-state index in [1.807, 2.05) is 0 Å². The quantitative estimate of drug-likeness (QED) is 0.605. The Morgan fingerprint density at radius 3 is 2.18 bits per heavy atom. The standard InChI is InChI=1S/C22H16ClFN2O2/c23-19-9-5-4-8-16(19)14-20(26-21(27)15-6-2-1-3-7-15)22(28)25-18-12-10-17(24)11-13-18/h1-14H,(H,25,28)(H,26,27). The van der Waals surface area contributed by atoms with Gasteiger partial charge in [0.1, 0.15) is 11.5 Å². The molecule has 3 rings (SSSR count). The lowest BCUT2D eigenvalue weighted by Gasteiger charge is -2.12. The first-order valence-electron chi connectivity index (χ1n) is 8.42. The highest BCUT2D eigenvalue weighted by molar-refractivity contribution is 6.32. The lowest BCUT2D eigenvalue weighted by molar-refractivity contribution is -0.113. The summed E-state index contributed by atoms with van der Waals surface area (Å²) < 4.78 is 13.1. The number of amides is 2. The van der Waals surface area contributed by atoms with Crippen LogP contribution in [0.4, 0.5) is 10.1 Å². The van der Waals surface area contributed by atoms with Crippen LogP contribution in [0.2, 0.25) is 5.02 Å². The maximum atomic E-state index is 13.1. The molecule has 0 aliphatic heterocycles. The van der Waals surface area contributed by atoms with Gasteiger partial charge in [-0.05, 0) is 54.1 Å². The van der Waals surface area contributed by atoms with Crippen LogP contribution in [-0.4, -0.2) is 11.8 Å². The monoisotopic (exact) mass is 394 g/mol. The number of anilines is 1. The predicted molar refractivity (Wildman–Crippen MR) is 108 cm³/mol. The molecule has 0 bridgehead atoms. The second-order valence-electron chi connectivity index (χ2n) is 5.86. The summed E-state index contributed by atoms with van der Waals surface area (Å²) in [4.78, 5) is 25.3. The summed E-state index contributed by atoms with van der Waals surface area (Å²) in [5.41, 5.74) is 1.38. The molecule has 0 aromatic heterocycles. The molecule has 0 radical (unpaired) electrons. The van der Waals surface area contributed by atoms with E-state index >= 15 is 0 Å². The van der Waals surface area contributed by atoms with Gasteiger partial charge in [-0.3, -0.25) is 9.59 Å². The van der Waals surface area contributed by atoms with Crippen molar-refractivity contribution in [3.8, 4) is 0 Å². The van der Waals surface area contributed by atoms with E-state index in [0.29, 0.717) is 21.8 Å². The summed E-state index contributed by atoms with van der Waals surface area (Å²) >= 11 is 6.17. The molecule has 2 amide bonds. The molecule has 0 fully saturated rings. The van der Waals surface area contributed by atoms with Crippen molar-refractivity contribution in [3.05, 3.63) is 107 Å². The Bertz CT molecular complexity index is 1020. The van der Waals surface area contributed by atoms with Crippen LogP contribution < -0.4 is 10.6 Å². The van der Waals surface area contributed by atoms with Gasteiger partial charge in [-0.1, -0.05) is 48.0 Å². The zero-order valence-electron chi connectivity index (χ0n) is 14.7. The largest absolute Gasteiger partial charge is 0.321 e. The highest BCUT2D eigenvalue weighted by Crippen LogP contribution is 2.19. The van der Waals surface area contributed by atoms with E-state index in [-0.39, 0.29) is 5.70 Å². The molecule has 28 heavy (non-hydrogen) atoms. The molecular weight excluding hydrogens is 379 g/mol. The zero-order chi connectivity index (χ0) is 19.9. The van der Waals surface area contributed by atoms with E-state index in [1.165, 1.54) is 30.3 Å². The minimum atomic E-state index is -0.559. The van der Waals surface area contributed by atoms with E-state index in [0.717, 1.165) is 0 Å². The molecule has 2 N–H and O–H groups in total. The van der Waals surface area contributed by atoms with E-state index < -0.39 is 17.6 Å². The van der Waals surface area contributed by atoms with Crippen LogP contribution in [0.25, 0.3) is 6.08 Å². The smallest absolute Gasteiger partial charge is 0.272 e. The molecule has 3 aromatic rings. The maximum absolute atomic E-state index is 13.1. The Morgan fingerprint density at radius 2 is 1.50 bits per heavy atom. The number of hydrogen-bond acceptors (Lipinski definition) is 2. The summed E-state index contributed by atoms with van der Waals surface area (Å²) in [6.45, 7) is 0. The van der Waals surface area contributed by atoms with Gasteiger partial charge < -0.3 is 10.6 Å². The maximum Gasteiger partial charge on any atom is 0.272 e. The van der Waals surface area contributed by atoms with Gasteiger partial charge in [0.2, 0.25) is 0 Å². The van der Waals surface area contributed by atoms with Gasteiger partial charge in [-0.2, -0.15) is 0 Å². The van der Waals surface area contributed by atoms with Crippen molar-refractivity contribution < 1.29 is 14.0 Å². The number of hydrogen-bond donors (Lipinski definition) is 2. The van der Waals surface area contributed by atoms with Crippen LogP contribution in [-0.2, 0) is 4.79 Å². The molecule has 0 aliphatic carbocycles. The van der Waals surface area contributed by atoms with Crippen molar-refractivity contribution in [2.24, 2.45) is 0 Å². The van der Waals surface area contributed by atoms with Gasteiger partial charge in [-0.25, -0.2) is 4.39 Å². The molecule has 6 heteroatoms. The van der Waals surface area contributed by atoms with Crippen molar-refractivity contribution >= 4 is 35.2 Å². The minimum absolute atomic E-state index is 0.00581. The Morgan fingerprint density at radius 1 is 0.857 bits per heavy atom. The fourth-order valence-electron chi connectivity index (χ4n) is 2.42. The van der Waals surface area contributed by atoms with Gasteiger partial charge >= 0.3 is 0 Å². The van der Waals surface area contributed by atoms with Crippen molar-refractivity contribution in [2.45, 2.75) is 0 Å². The highest BCUT2D eigenvalue weighted by Gasteiger charge is 2.15. The third kappa shape index (κ3) is 5.05. The molecule has 0 heterocycles. The second kappa shape index (κ2) is 8.97. The Labute approximate surface area is 166 Å². The van der Waals surface area contributed by atoms with Crippen LogP contribution in [0.5, 0.6) is 0 Å². The average Bonchev–Trinajstić information content (AvgIpc) is 2.71. The molecule has 0 saturated heterocycles. The lowest BCUT2D eigenvalue weighted by Crippen LogP contribution is -2.30. The molecule has 0 saturated carbocycles. The number of halogens is 2. The molecule has 0 atom stereocenters. The first kappa shape index (κ1) is 19.3. The van der Waals surface area contributed by atoms with E-state index in [9.17, 15) is 14.0 Å². The zero-order valence-corrected chi connectivity index (χ0v) is 15.4. The van der Waals surface area contributed by atoms with Crippen molar-refractivity contribution in [2.75, 3.05) is 5.32 Å². The van der Waals surface area contributed by atoms with Crippen molar-refractivity contribution in [1.82, 2.24) is 5.32 Å². The van der Waals surface area contributed by atoms with Crippen molar-refractivity contribution in [3.63, 3.8) is 0 Å². The number of nitrogens with one attached hydrogen (secondary N) is 2. The van der Waals surface area contributed by atoms with E-state index in [1.54, 1.807) is 54.6 Å². The SMILES string of the molecule is O=C(Nc1ccc(F)cc1)C(=Cc1ccccc1Cl)NC(=O)c1ccccc1. The molecule has 4 nitrogen and oxygen atoms in total. The highest BCUT2D eigenvalue weighted by atomic mass is 35.5. The second-order valence-corrected chi connectivity index (χ2v) is 6.27. The Balaban J connectivity index is 1.89. The van der Waals surface area contributed by atoms with Crippen LogP contribution in [0, 0.1) is 5.82 Å². The third-order valence-electron chi connectivity index (χ3n) is 3.84. The summed E-state index contributed by atoms with van der Waals surface area (Å²) in [7, 11) is 0. The minimum Gasteiger partial charge on any atom is -0.321 e. The molecule has 0 spiro atoms. The molecule has 3 aromatic carbocycles. The first-order valence-corrected chi connectivity index (χ1v) is 8.80. The molecular formula is C22H16ClFN2O2. The molecule has 0 unspecified atom stereocenters. The Hall–Kier alpha value is -3.44. The van der Waals surface area contributed by atoms with Gasteiger partial charge in [0.05, 0.1) is 0 Å². The van der Waals surface area contributed by atoms with Crippen molar-refractivity contribution in [1.29, 1.82) is 0 Å². The number of benzene rings is 3. The van der Waals surface area contributed by atoms with Crippen LogP contribution in [0.15, 0.2) is 84.6 Å². The lowest BCUT2D eigenvalue weighted by atomic mass is 10.1. The topological polar surface area (TPSA) is 58.2 Å². The van der Waals surface area contributed by atoms with Crippen LogP contribution in [0.3, 0.4) is 0 Å². The fraction of sp³-hybridized carbons (Fsp3) is 0. The van der Waals surface area contributed by atoms with Gasteiger partial charge in [-0.15, -0.1) is 0 Å². The number of carbonyl (C=O) groups excluding carboxylic acids is 2. The number of rotatable bonds is 5. The summed E-state index contributed by atoms with van der Waals surface area (Å²) in [6, 6.07) is 20.8. The van der Waals surface area contributed by atoms with E-state index in [4.69, 9.17) is 11.6 Å². The first-order chi connectivity index (χ1) is 13.5. The summed E-state index contributed by atoms with van der Waals surface area (Å²) in [6.07, 6.45) is 1.49.